The predicted octanol–water partition coefficient (Wildman–Crippen LogP) is 2.74. The SMILES string of the molecule is CN=C(NCCNC(=O)CC1CCCC1)NCCC1=CCCCC1. The van der Waals surface area contributed by atoms with Crippen molar-refractivity contribution in [1.82, 2.24) is 16.0 Å². The molecule has 1 fully saturated rings. The van der Waals surface area contributed by atoms with Crippen molar-refractivity contribution in [2.24, 2.45) is 10.9 Å². The first-order chi connectivity index (χ1) is 11.8. The van der Waals surface area contributed by atoms with E-state index in [1.807, 2.05) is 0 Å². The van der Waals surface area contributed by atoms with E-state index in [1.54, 1.807) is 12.6 Å². The molecule has 2 aliphatic rings. The molecule has 0 spiro atoms. The van der Waals surface area contributed by atoms with Crippen molar-refractivity contribution < 1.29 is 4.79 Å². The zero-order chi connectivity index (χ0) is 17.0. The summed E-state index contributed by atoms with van der Waals surface area (Å²) in [6.45, 7) is 2.27. The average Bonchev–Trinajstić information content (AvgIpc) is 3.11. The maximum absolute atomic E-state index is 11.9. The van der Waals surface area contributed by atoms with Crippen molar-refractivity contribution in [2.45, 2.75) is 64.2 Å². The fourth-order valence-electron chi connectivity index (χ4n) is 3.63. The number of nitrogens with zero attached hydrogens (tertiary/aromatic N) is 1. The second kappa shape index (κ2) is 11.1. The van der Waals surface area contributed by atoms with Crippen LogP contribution in [0.3, 0.4) is 0 Å². The van der Waals surface area contributed by atoms with Gasteiger partial charge in [0.2, 0.25) is 5.91 Å². The summed E-state index contributed by atoms with van der Waals surface area (Å²) in [4.78, 5) is 16.1. The van der Waals surface area contributed by atoms with Crippen LogP contribution in [0, 0.1) is 5.92 Å². The molecule has 2 rings (SSSR count). The van der Waals surface area contributed by atoms with E-state index >= 15 is 0 Å². The zero-order valence-corrected chi connectivity index (χ0v) is 15.2. The molecule has 0 heterocycles. The number of aliphatic imine (C=N–C) groups is 1. The molecule has 0 atom stereocenters. The Kier molecular flexibility index (Phi) is 8.71. The van der Waals surface area contributed by atoms with Crippen LogP contribution in [0.5, 0.6) is 0 Å². The van der Waals surface area contributed by atoms with Gasteiger partial charge >= 0.3 is 0 Å². The van der Waals surface area contributed by atoms with Gasteiger partial charge in [-0.2, -0.15) is 0 Å². The highest BCUT2D eigenvalue weighted by atomic mass is 16.1. The molecular formula is C19H34N4O. The predicted molar refractivity (Wildman–Crippen MR) is 100 cm³/mol. The number of nitrogens with one attached hydrogen (secondary N) is 3. The Balaban J connectivity index is 1.51. The molecule has 0 saturated heterocycles. The Hall–Kier alpha value is -1.52. The first-order valence-corrected chi connectivity index (χ1v) is 9.67. The number of carbonyl (C=O) groups is 1. The van der Waals surface area contributed by atoms with Crippen molar-refractivity contribution in [1.29, 1.82) is 0 Å². The maximum atomic E-state index is 11.9. The Morgan fingerprint density at radius 3 is 2.54 bits per heavy atom. The van der Waals surface area contributed by atoms with Gasteiger partial charge in [-0.1, -0.05) is 24.5 Å². The third-order valence-corrected chi connectivity index (χ3v) is 5.04. The molecule has 0 aromatic rings. The molecule has 136 valence electrons. The zero-order valence-electron chi connectivity index (χ0n) is 15.2. The van der Waals surface area contributed by atoms with Crippen molar-refractivity contribution >= 4 is 11.9 Å². The lowest BCUT2D eigenvalue weighted by Crippen LogP contribution is -2.42. The minimum atomic E-state index is 0.191. The smallest absolute Gasteiger partial charge is 0.220 e. The standard InChI is InChI=1S/C19H34N4O/c1-20-19(22-12-11-16-7-3-2-4-8-16)23-14-13-21-18(24)15-17-9-5-6-10-17/h7,17H,2-6,8-15H2,1H3,(H,21,24)(H2,20,22,23). The lowest BCUT2D eigenvalue weighted by Gasteiger charge is -2.15. The molecule has 5 nitrogen and oxygen atoms in total. The van der Waals surface area contributed by atoms with E-state index in [9.17, 15) is 4.79 Å². The summed E-state index contributed by atoms with van der Waals surface area (Å²) in [5, 5.41) is 9.61. The highest BCUT2D eigenvalue weighted by molar-refractivity contribution is 5.80. The van der Waals surface area contributed by atoms with Crippen molar-refractivity contribution in [3.8, 4) is 0 Å². The molecule has 3 N–H and O–H groups in total. The minimum absolute atomic E-state index is 0.191. The van der Waals surface area contributed by atoms with Crippen LogP contribution in [0.25, 0.3) is 0 Å². The maximum Gasteiger partial charge on any atom is 0.220 e. The van der Waals surface area contributed by atoms with Crippen LogP contribution in [0.2, 0.25) is 0 Å². The first kappa shape index (κ1) is 18.8. The van der Waals surface area contributed by atoms with Crippen LogP contribution in [0.15, 0.2) is 16.6 Å². The fourth-order valence-corrected chi connectivity index (χ4v) is 3.63. The molecule has 0 aromatic heterocycles. The molecule has 1 saturated carbocycles. The summed E-state index contributed by atoms with van der Waals surface area (Å²) in [6.07, 6.45) is 14.4. The Labute approximate surface area is 146 Å². The molecule has 0 radical (unpaired) electrons. The van der Waals surface area contributed by atoms with Crippen LogP contribution in [-0.4, -0.2) is 38.5 Å². The quantitative estimate of drug-likeness (QED) is 0.277. The second-order valence-electron chi connectivity index (χ2n) is 6.99. The largest absolute Gasteiger partial charge is 0.356 e. The lowest BCUT2D eigenvalue weighted by atomic mass is 9.97. The normalized spacial score (nSPS) is 19.0. The van der Waals surface area contributed by atoms with E-state index in [0.717, 1.165) is 18.9 Å². The highest BCUT2D eigenvalue weighted by Gasteiger charge is 2.17. The van der Waals surface area contributed by atoms with Crippen LogP contribution in [-0.2, 0) is 4.79 Å². The topological polar surface area (TPSA) is 65.5 Å². The van der Waals surface area contributed by atoms with E-state index in [4.69, 9.17) is 0 Å². The van der Waals surface area contributed by atoms with E-state index < -0.39 is 0 Å². The summed E-state index contributed by atoms with van der Waals surface area (Å²) >= 11 is 0. The molecule has 0 bridgehead atoms. The number of hydrogen-bond donors (Lipinski definition) is 3. The molecular weight excluding hydrogens is 300 g/mol. The van der Waals surface area contributed by atoms with Crippen LogP contribution in [0.4, 0.5) is 0 Å². The monoisotopic (exact) mass is 334 g/mol. The number of hydrogen-bond acceptors (Lipinski definition) is 2. The molecule has 0 aliphatic heterocycles. The van der Waals surface area contributed by atoms with Gasteiger partial charge in [-0.3, -0.25) is 9.79 Å². The number of carbonyl (C=O) groups excluding carboxylic acids is 1. The van der Waals surface area contributed by atoms with Crippen molar-refractivity contribution in [2.75, 3.05) is 26.7 Å². The van der Waals surface area contributed by atoms with E-state index in [-0.39, 0.29) is 5.91 Å². The first-order valence-electron chi connectivity index (χ1n) is 9.67. The molecule has 0 aromatic carbocycles. The molecule has 5 heteroatoms. The number of amides is 1. The van der Waals surface area contributed by atoms with E-state index in [2.05, 4.69) is 27.0 Å². The van der Waals surface area contributed by atoms with Gasteiger partial charge in [0.1, 0.15) is 0 Å². The second-order valence-corrected chi connectivity index (χ2v) is 6.99. The van der Waals surface area contributed by atoms with Crippen molar-refractivity contribution in [3.63, 3.8) is 0 Å². The van der Waals surface area contributed by atoms with Gasteiger partial charge < -0.3 is 16.0 Å². The third-order valence-electron chi connectivity index (χ3n) is 5.04. The molecule has 24 heavy (non-hydrogen) atoms. The summed E-state index contributed by atoms with van der Waals surface area (Å²) in [5.41, 5.74) is 1.57. The van der Waals surface area contributed by atoms with E-state index in [0.29, 0.717) is 25.4 Å². The number of guanidine groups is 1. The minimum Gasteiger partial charge on any atom is -0.356 e. The Bertz CT molecular complexity index is 439. The number of rotatable bonds is 8. The van der Waals surface area contributed by atoms with Crippen LogP contribution >= 0.6 is 0 Å². The van der Waals surface area contributed by atoms with Gasteiger partial charge in [0, 0.05) is 33.1 Å². The van der Waals surface area contributed by atoms with Gasteiger partial charge in [-0.05, 0) is 50.9 Å². The molecule has 0 unspecified atom stereocenters. The lowest BCUT2D eigenvalue weighted by molar-refractivity contribution is -0.121. The van der Waals surface area contributed by atoms with E-state index in [1.165, 1.54) is 51.4 Å². The molecule has 1 amide bonds. The van der Waals surface area contributed by atoms with Crippen LogP contribution < -0.4 is 16.0 Å². The van der Waals surface area contributed by atoms with Gasteiger partial charge in [-0.15, -0.1) is 0 Å². The summed E-state index contributed by atoms with van der Waals surface area (Å²) in [6, 6.07) is 0. The number of allylic oxidation sites excluding steroid dienone is 1. The van der Waals surface area contributed by atoms with Gasteiger partial charge in [-0.25, -0.2) is 0 Å². The van der Waals surface area contributed by atoms with Gasteiger partial charge in [0.05, 0.1) is 0 Å². The summed E-state index contributed by atoms with van der Waals surface area (Å²) in [5.74, 6) is 1.62. The highest BCUT2D eigenvalue weighted by Crippen LogP contribution is 2.27. The van der Waals surface area contributed by atoms with Gasteiger partial charge in [0.25, 0.3) is 0 Å². The summed E-state index contributed by atoms with van der Waals surface area (Å²) in [7, 11) is 1.79. The fraction of sp³-hybridized carbons (Fsp3) is 0.789. The van der Waals surface area contributed by atoms with Crippen molar-refractivity contribution in [3.05, 3.63) is 11.6 Å². The summed E-state index contributed by atoms with van der Waals surface area (Å²) < 4.78 is 0. The average molecular weight is 335 g/mol. The van der Waals surface area contributed by atoms with Gasteiger partial charge in [0.15, 0.2) is 5.96 Å². The third kappa shape index (κ3) is 7.37. The Morgan fingerprint density at radius 1 is 1.08 bits per heavy atom. The Morgan fingerprint density at radius 2 is 1.83 bits per heavy atom. The molecule has 2 aliphatic carbocycles. The van der Waals surface area contributed by atoms with Crippen LogP contribution in [0.1, 0.15) is 64.2 Å².